The van der Waals surface area contributed by atoms with E-state index in [9.17, 15) is 4.79 Å². The van der Waals surface area contributed by atoms with E-state index in [1.165, 1.54) is 6.33 Å². The Bertz CT molecular complexity index is 948. The average molecular weight is 375 g/mol. The lowest BCUT2D eigenvalue weighted by atomic mass is 9.88. The van der Waals surface area contributed by atoms with Crippen LogP contribution in [0.25, 0.3) is 0 Å². The second-order valence-corrected chi connectivity index (χ2v) is 6.73. The third-order valence-electron chi connectivity index (χ3n) is 4.85. The van der Waals surface area contributed by atoms with Crippen molar-refractivity contribution in [1.29, 1.82) is 0 Å². The second kappa shape index (κ2) is 8.08. The molecule has 0 saturated heterocycles. The van der Waals surface area contributed by atoms with E-state index >= 15 is 0 Å². The quantitative estimate of drug-likeness (QED) is 0.661. The highest BCUT2D eigenvalue weighted by molar-refractivity contribution is 5.77. The van der Waals surface area contributed by atoms with Gasteiger partial charge in [-0.15, -0.1) is 0 Å². The Labute approximate surface area is 163 Å². The molecule has 1 amide bonds. The molecule has 0 N–H and O–H groups in total. The summed E-state index contributed by atoms with van der Waals surface area (Å²) in [5.74, 6) is 1.43. The van der Waals surface area contributed by atoms with Gasteiger partial charge in [0.2, 0.25) is 12.7 Å². The molecule has 3 aromatic rings. The molecular weight excluding hydrogens is 354 g/mol. The Morgan fingerprint density at radius 2 is 1.89 bits per heavy atom. The highest BCUT2D eigenvalue weighted by Crippen LogP contribution is 2.37. The molecule has 0 spiro atoms. The van der Waals surface area contributed by atoms with Crippen LogP contribution >= 0.6 is 0 Å². The smallest absolute Gasteiger partial charge is 0.231 e. The van der Waals surface area contributed by atoms with Gasteiger partial charge in [0, 0.05) is 25.6 Å². The molecule has 0 bridgehead atoms. The molecule has 1 atom stereocenters. The van der Waals surface area contributed by atoms with Crippen LogP contribution in [-0.2, 0) is 11.3 Å². The fourth-order valence-corrected chi connectivity index (χ4v) is 3.32. The van der Waals surface area contributed by atoms with E-state index < -0.39 is 0 Å². The molecule has 0 saturated carbocycles. The molecule has 0 unspecified atom stereocenters. The van der Waals surface area contributed by atoms with Gasteiger partial charge in [-0.25, -0.2) is 9.97 Å². The third kappa shape index (κ3) is 3.96. The van der Waals surface area contributed by atoms with Crippen LogP contribution in [0.2, 0.25) is 0 Å². The maximum Gasteiger partial charge on any atom is 0.231 e. The summed E-state index contributed by atoms with van der Waals surface area (Å²) in [4.78, 5) is 22.8. The van der Waals surface area contributed by atoms with Gasteiger partial charge in [0.05, 0.1) is 12.2 Å². The predicted molar refractivity (Wildman–Crippen MR) is 104 cm³/mol. The predicted octanol–water partition coefficient (Wildman–Crippen LogP) is 3.39. The summed E-state index contributed by atoms with van der Waals surface area (Å²) in [6.07, 6.45) is 3.53. The van der Waals surface area contributed by atoms with Crippen molar-refractivity contribution in [1.82, 2.24) is 14.9 Å². The van der Waals surface area contributed by atoms with E-state index in [1.807, 2.05) is 54.6 Å². The first-order chi connectivity index (χ1) is 13.7. The number of fused-ring (bicyclic) bond motifs is 1. The summed E-state index contributed by atoms with van der Waals surface area (Å²) in [5.41, 5.74) is 2.93. The van der Waals surface area contributed by atoms with Crippen LogP contribution in [-0.4, -0.2) is 34.6 Å². The lowest BCUT2D eigenvalue weighted by Crippen LogP contribution is -2.28. The Hall–Kier alpha value is -3.41. The van der Waals surface area contributed by atoms with Crippen LogP contribution in [0.4, 0.5) is 0 Å². The zero-order valence-electron chi connectivity index (χ0n) is 15.6. The topological polar surface area (TPSA) is 64.6 Å². The van der Waals surface area contributed by atoms with Crippen LogP contribution in [0.5, 0.6) is 11.5 Å². The van der Waals surface area contributed by atoms with Crippen molar-refractivity contribution in [3.63, 3.8) is 0 Å². The number of rotatable bonds is 6. The zero-order valence-corrected chi connectivity index (χ0v) is 15.6. The minimum absolute atomic E-state index is 0.0464. The Balaban J connectivity index is 1.57. The number of carbonyl (C=O) groups excluding carboxylic acids is 1. The van der Waals surface area contributed by atoms with Gasteiger partial charge in [-0.2, -0.15) is 0 Å². The third-order valence-corrected chi connectivity index (χ3v) is 4.85. The normalized spacial score (nSPS) is 13.2. The van der Waals surface area contributed by atoms with Crippen molar-refractivity contribution in [3.8, 4) is 11.5 Å². The second-order valence-electron chi connectivity index (χ2n) is 6.73. The van der Waals surface area contributed by atoms with Crippen molar-refractivity contribution in [2.75, 3.05) is 13.8 Å². The number of aromatic nitrogens is 2. The standard InChI is InChI=1S/C22H21N3O3/c1-25(13-18-9-10-23-14-24-18)22(26)12-19(16-5-3-2-4-6-16)17-7-8-20-21(11-17)28-15-27-20/h2-11,14,19H,12-13,15H2,1H3/t19-/m0/s1. The summed E-state index contributed by atoms with van der Waals surface area (Å²) < 4.78 is 10.9. The molecule has 0 radical (unpaired) electrons. The van der Waals surface area contributed by atoms with E-state index in [0.29, 0.717) is 13.0 Å². The summed E-state index contributed by atoms with van der Waals surface area (Å²) in [6, 6.07) is 17.7. The molecule has 28 heavy (non-hydrogen) atoms. The van der Waals surface area contributed by atoms with Crippen molar-refractivity contribution in [2.24, 2.45) is 0 Å². The van der Waals surface area contributed by atoms with Gasteiger partial charge >= 0.3 is 0 Å². The number of benzene rings is 2. The largest absolute Gasteiger partial charge is 0.454 e. The number of nitrogens with zero attached hydrogens (tertiary/aromatic N) is 3. The van der Waals surface area contributed by atoms with Crippen molar-refractivity contribution < 1.29 is 14.3 Å². The van der Waals surface area contributed by atoms with Crippen LogP contribution in [0, 0.1) is 0 Å². The molecule has 4 rings (SSSR count). The fourth-order valence-electron chi connectivity index (χ4n) is 3.32. The number of hydrogen-bond donors (Lipinski definition) is 0. The van der Waals surface area contributed by atoms with Crippen LogP contribution in [0.15, 0.2) is 67.1 Å². The fraction of sp³-hybridized carbons (Fsp3) is 0.227. The SMILES string of the molecule is CN(Cc1ccncn1)C(=O)C[C@@H](c1ccccc1)c1ccc2c(c1)OCO2. The highest BCUT2D eigenvalue weighted by atomic mass is 16.7. The van der Waals surface area contributed by atoms with Gasteiger partial charge in [0.15, 0.2) is 11.5 Å². The lowest BCUT2D eigenvalue weighted by Gasteiger charge is -2.22. The molecule has 0 aliphatic carbocycles. The molecular formula is C22H21N3O3. The molecule has 1 aliphatic rings. The van der Waals surface area contributed by atoms with Crippen molar-refractivity contribution in [2.45, 2.75) is 18.9 Å². The van der Waals surface area contributed by atoms with Crippen LogP contribution in [0.1, 0.15) is 29.2 Å². The number of carbonyl (C=O) groups is 1. The number of ether oxygens (including phenoxy) is 2. The maximum atomic E-state index is 13.0. The molecule has 1 aromatic heterocycles. The first-order valence-electron chi connectivity index (χ1n) is 9.14. The van der Waals surface area contributed by atoms with Gasteiger partial charge in [0.25, 0.3) is 0 Å². The lowest BCUT2D eigenvalue weighted by molar-refractivity contribution is -0.130. The molecule has 1 aliphatic heterocycles. The van der Waals surface area contributed by atoms with E-state index in [1.54, 1.807) is 18.1 Å². The minimum Gasteiger partial charge on any atom is -0.454 e. The summed E-state index contributed by atoms with van der Waals surface area (Å²) >= 11 is 0. The molecule has 6 nitrogen and oxygen atoms in total. The minimum atomic E-state index is -0.0731. The highest BCUT2D eigenvalue weighted by Gasteiger charge is 2.23. The van der Waals surface area contributed by atoms with Gasteiger partial charge in [-0.05, 0) is 29.3 Å². The van der Waals surface area contributed by atoms with Crippen LogP contribution < -0.4 is 9.47 Å². The number of hydrogen-bond acceptors (Lipinski definition) is 5. The Kier molecular flexibility index (Phi) is 5.19. The Morgan fingerprint density at radius 1 is 1.07 bits per heavy atom. The monoisotopic (exact) mass is 375 g/mol. The Morgan fingerprint density at radius 3 is 2.68 bits per heavy atom. The molecule has 0 fully saturated rings. The zero-order chi connectivity index (χ0) is 19.3. The summed E-state index contributed by atoms with van der Waals surface area (Å²) in [6.45, 7) is 0.680. The molecule has 2 heterocycles. The average Bonchev–Trinajstić information content (AvgIpc) is 3.21. The molecule has 6 heteroatoms. The number of amides is 1. The first kappa shape index (κ1) is 18.0. The summed E-state index contributed by atoms with van der Waals surface area (Å²) in [5, 5.41) is 0. The molecule has 142 valence electrons. The van der Waals surface area contributed by atoms with E-state index in [0.717, 1.165) is 28.3 Å². The van der Waals surface area contributed by atoms with Crippen molar-refractivity contribution >= 4 is 5.91 Å². The van der Waals surface area contributed by atoms with E-state index in [2.05, 4.69) is 9.97 Å². The van der Waals surface area contributed by atoms with Crippen molar-refractivity contribution in [3.05, 3.63) is 83.9 Å². The van der Waals surface area contributed by atoms with E-state index in [-0.39, 0.29) is 18.6 Å². The molecule has 2 aromatic carbocycles. The van der Waals surface area contributed by atoms with Gasteiger partial charge in [-0.3, -0.25) is 4.79 Å². The first-order valence-corrected chi connectivity index (χ1v) is 9.14. The van der Waals surface area contributed by atoms with Gasteiger partial charge in [-0.1, -0.05) is 36.4 Å². The van der Waals surface area contributed by atoms with E-state index in [4.69, 9.17) is 9.47 Å². The van der Waals surface area contributed by atoms with Gasteiger partial charge in [0.1, 0.15) is 6.33 Å². The maximum absolute atomic E-state index is 13.0. The van der Waals surface area contributed by atoms with Crippen LogP contribution in [0.3, 0.4) is 0 Å². The van der Waals surface area contributed by atoms with Gasteiger partial charge < -0.3 is 14.4 Å². The summed E-state index contributed by atoms with van der Waals surface area (Å²) in [7, 11) is 1.80.